The van der Waals surface area contributed by atoms with Crippen molar-refractivity contribution in [2.24, 2.45) is 12.0 Å². The van der Waals surface area contributed by atoms with Crippen molar-refractivity contribution in [1.82, 2.24) is 30.3 Å². The van der Waals surface area contributed by atoms with Crippen LogP contribution in [-0.4, -0.2) is 71.1 Å². The van der Waals surface area contributed by atoms with E-state index in [-0.39, 0.29) is 24.0 Å². The van der Waals surface area contributed by atoms with Gasteiger partial charge in [0, 0.05) is 32.7 Å². The zero-order valence-corrected chi connectivity index (χ0v) is 18.1. The Morgan fingerprint density at radius 1 is 1.28 bits per heavy atom. The molecule has 2 N–H and O–H groups in total. The largest absolute Gasteiger partial charge is 0.379 e. The molecule has 25 heavy (non-hydrogen) atoms. The molecule has 0 aromatic carbocycles. The molecule has 2 heterocycles. The predicted molar refractivity (Wildman–Crippen MR) is 110 cm³/mol. The first-order valence-electron chi connectivity index (χ1n) is 8.76. The summed E-state index contributed by atoms with van der Waals surface area (Å²) in [6.45, 7) is 12.4. The molecule has 0 aliphatic carbocycles. The monoisotopic (exact) mass is 465 g/mol. The van der Waals surface area contributed by atoms with Crippen LogP contribution in [0.2, 0.25) is 0 Å². The van der Waals surface area contributed by atoms with Crippen molar-refractivity contribution in [1.29, 1.82) is 0 Å². The predicted octanol–water partition coefficient (Wildman–Crippen LogP) is 0.907. The van der Waals surface area contributed by atoms with Gasteiger partial charge in [-0.2, -0.15) is 0 Å². The molecule has 0 amide bonds. The average molecular weight is 465 g/mol. The second-order valence-electron chi connectivity index (χ2n) is 6.42. The van der Waals surface area contributed by atoms with E-state index in [0.29, 0.717) is 12.6 Å². The van der Waals surface area contributed by atoms with E-state index in [1.807, 2.05) is 18.5 Å². The first-order valence-corrected chi connectivity index (χ1v) is 8.76. The van der Waals surface area contributed by atoms with Gasteiger partial charge in [-0.1, -0.05) is 0 Å². The minimum Gasteiger partial charge on any atom is -0.379 e. The van der Waals surface area contributed by atoms with Gasteiger partial charge >= 0.3 is 0 Å². The number of rotatable bonds is 7. The molecule has 1 aromatic rings. The van der Waals surface area contributed by atoms with Crippen LogP contribution in [0.5, 0.6) is 0 Å². The average Bonchev–Trinajstić information content (AvgIpc) is 2.88. The van der Waals surface area contributed by atoms with E-state index >= 15 is 0 Å². The van der Waals surface area contributed by atoms with Gasteiger partial charge in [0.15, 0.2) is 11.8 Å². The van der Waals surface area contributed by atoms with E-state index < -0.39 is 0 Å². The van der Waals surface area contributed by atoms with Crippen molar-refractivity contribution < 1.29 is 4.74 Å². The van der Waals surface area contributed by atoms with Crippen LogP contribution < -0.4 is 10.6 Å². The van der Waals surface area contributed by atoms with Crippen molar-refractivity contribution in [2.45, 2.75) is 39.8 Å². The van der Waals surface area contributed by atoms with E-state index in [1.165, 1.54) is 0 Å². The number of aryl methyl sites for hydroxylation is 1. The molecule has 8 nitrogen and oxygen atoms in total. The number of halogens is 1. The van der Waals surface area contributed by atoms with Crippen LogP contribution in [-0.2, 0) is 18.3 Å². The fourth-order valence-electron chi connectivity index (χ4n) is 2.50. The number of aliphatic imine (C=N–C) groups is 1. The van der Waals surface area contributed by atoms with Gasteiger partial charge in [-0.05, 0) is 33.7 Å². The molecule has 2 rings (SSSR count). The van der Waals surface area contributed by atoms with E-state index in [1.54, 1.807) is 0 Å². The highest BCUT2D eigenvalue weighted by Gasteiger charge is 2.10. The molecule has 0 unspecified atom stereocenters. The zero-order chi connectivity index (χ0) is 17.4. The van der Waals surface area contributed by atoms with Crippen LogP contribution in [0.15, 0.2) is 4.99 Å². The van der Waals surface area contributed by atoms with Gasteiger partial charge in [-0.15, -0.1) is 34.2 Å². The van der Waals surface area contributed by atoms with Crippen LogP contribution in [0.3, 0.4) is 0 Å². The number of nitrogens with one attached hydrogen (secondary N) is 2. The Kier molecular flexibility index (Phi) is 10.3. The molecule has 0 bridgehead atoms. The molecule has 9 heteroatoms. The van der Waals surface area contributed by atoms with Crippen LogP contribution in [0.25, 0.3) is 0 Å². The standard InChI is InChI=1S/C16H31N7O.HI/c1-13(2)19-16(18-12-15-21-20-14(3)22(15)4)17-6-5-7-23-8-10-24-11-9-23;/h13H,5-12H2,1-4H3,(H2,17,18,19);1H. The lowest BCUT2D eigenvalue weighted by molar-refractivity contribution is 0.0376. The number of nitrogens with zero attached hydrogens (tertiary/aromatic N) is 5. The lowest BCUT2D eigenvalue weighted by Gasteiger charge is -2.26. The van der Waals surface area contributed by atoms with E-state index in [9.17, 15) is 0 Å². The molecule has 144 valence electrons. The summed E-state index contributed by atoms with van der Waals surface area (Å²) >= 11 is 0. The number of hydrogen-bond donors (Lipinski definition) is 2. The Bertz CT molecular complexity index is 527. The topological polar surface area (TPSA) is 79.6 Å². The molecule has 0 radical (unpaired) electrons. The highest BCUT2D eigenvalue weighted by molar-refractivity contribution is 14.0. The SMILES string of the molecule is Cc1nnc(CN=C(NCCCN2CCOCC2)NC(C)C)n1C.I. The second-order valence-corrected chi connectivity index (χ2v) is 6.42. The first-order chi connectivity index (χ1) is 11.6. The maximum atomic E-state index is 5.37. The number of hydrogen-bond acceptors (Lipinski definition) is 5. The van der Waals surface area contributed by atoms with Crippen LogP contribution >= 0.6 is 24.0 Å². The third kappa shape index (κ3) is 7.87. The lowest BCUT2D eigenvalue weighted by atomic mass is 10.3. The van der Waals surface area contributed by atoms with Crippen molar-refractivity contribution >= 4 is 29.9 Å². The first kappa shape index (κ1) is 22.1. The molecular weight excluding hydrogens is 433 g/mol. The number of aromatic nitrogens is 3. The number of ether oxygens (including phenoxy) is 1. The van der Waals surface area contributed by atoms with Gasteiger partial charge in [0.1, 0.15) is 12.4 Å². The highest BCUT2D eigenvalue weighted by Crippen LogP contribution is 2.00. The molecule has 0 spiro atoms. The molecule has 1 fully saturated rings. The summed E-state index contributed by atoms with van der Waals surface area (Å²) in [5, 5.41) is 15.0. The third-order valence-electron chi connectivity index (χ3n) is 4.03. The normalized spacial score (nSPS) is 16.0. The zero-order valence-electron chi connectivity index (χ0n) is 15.8. The Labute approximate surface area is 167 Å². The van der Waals surface area contributed by atoms with Crippen molar-refractivity contribution in [2.75, 3.05) is 39.4 Å². The van der Waals surface area contributed by atoms with Gasteiger partial charge in [0.25, 0.3) is 0 Å². The highest BCUT2D eigenvalue weighted by atomic mass is 127. The minimum absolute atomic E-state index is 0. The molecule has 1 saturated heterocycles. The van der Waals surface area contributed by atoms with Gasteiger partial charge < -0.3 is 19.9 Å². The Morgan fingerprint density at radius 3 is 2.60 bits per heavy atom. The Morgan fingerprint density at radius 2 is 2.00 bits per heavy atom. The molecule has 1 aliphatic rings. The number of morpholine rings is 1. The summed E-state index contributed by atoms with van der Waals surface area (Å²) in [6, 6.07) is 0.330. The summed E-state index contributed by atoms with van der Waals surface area (Å²) < 4.78 is 7.34. The number of guanidine groups is 1. The summed E-state index contributed by atoms with van der Waals surface area (Å²) in [4.78, 5) is 7.07. The van der Waals surface area contributed by atoms with E-state index in [2.05, 4.69) is 44.6 Å². The third-order valence-corrected chi connectivity index (χ3v) is 4.03. The van der Waals surface area contributed by atoms with Crippen LogP contribution in [0, 0.1) is 6.92 Å². The Balaban J connectivity index is 0.00000312. The smallest absolute Gasteiger partial charge is 0.191 e. The summed E-state index contributed by atoms with van der Waals surface area (Å²) in [5.74, 6) is 2.59. The summed E-state index contributed by atoms with van der Waals surface area (Å²) in [7, 11) is 1.96. The molecule has 0 saturated carbocycles. The van der Waals surface area contributed by atoms with Crippen LogP contribution in [0.1, 0.15) is 31.9 Å². The fraction of sp³-hybridized carbons (Fsp3) is 0.812. The van der Waals surface area contributed by atoms with Crippen molar-refractivity contribution in [3.05, 3.63) is 11.6 Å². The van der Waals surface area contributed by atoms with E-state index in [4.69, 9.17) is 4.74 Å². The summed E-state index contributed by atoms with van der Waals surface area (Å²) in [5.41, 5.74) is 0. The van der Waals surface area contributed by atoms with Crippen LogP contribution in [0.4, 0.5) is 0 Å². The molecule has 0 atom stereocenters. The Hall–Kier alpha value is -0.940. The van der Waals surface area contributed by atoms with Crippen molar-refractivity contribution in [3.8, 4) is 0 Å². The van der Waals surface area contributed by atoms with Gasteiger partial charge in [-0.25, -0.2) is 4.99 Å². The fourth-order valence-corrected chi connectivity index (χ4v) is 2.50. The maximum absolute atomic E-state index is 5.37. The quantitative estimate of drug-likeness (QED) is 0.270. The van der Waals surface area contributed by atoms with Gasteiger partial charge in [0.2, 0.25) is 0 Å². The van der Waals surface area contributed by atoms with Gasteiger partial charge in [-0.3, -0.25) is 4.90 Å². The molecular formula is C16H32IN7O. The second kappa shape index (κ2) is 11.6. The maximum Gasteiger partial charge on any atom is 0.191 e. The minimum atomic E-state index is 0. The summed E-state index contributed by atoms with van der Waals surface area (Å²) in [6.07, 6.45) is 1.09. The van der Waals surface area contributed by atoms with E-state index in [0.717, 1.165) is 63.4 Å². The molecule has 1 aromatic heterocycles. The lowest BCUT2D eigenvalue weighted by Crippen LogP contribution is -2.43. The van der Waals surface area contributed by atoms with Crippen molar-refractivity contribution in [3.63, 3.8) is 0 Å². The molecule has 1 aliphatic heterocycles. The van der Waals surface area contributed by atoms with Gasteiger partial charge in [0.05, 0.1) is 13.2 Å².